The molecule has 0 spiro atoms. The third kappa shape index (κ3) is 6.08. The van der Waals surface area contributed by atoms with Crippen LogP contribution in [0, 0.1) is 0 Å². The standard InChI is InChI=1S/C35H36N2O8S/c1-41-30-18-24-17-27(36-32(24)34(43-3)33(30)42-2)35(38)37-16-10-13-23(21-45-46(4,39)40)31-26-15-9-8-14-25(26)29(19-28(31)37)44-20-22-11-6-5-7-12-22/h5-9,11-12,14-15,17-19,23,36H,10,13,16,20-21H2,1-4H3/t23-/m1/s1. The van der Waals surface area contributed by atoms with Crippen LogP contribution in [-0.4, -0.2) is 60.0 Å². The van der Waals surface area contributed by atoms with Gasteiger partial charge in [0.2, 0.25) is 5.75 Å². The molecule has 5 aromatic rings. The zero-order valence-corrected chi connectivity index (χ0v) is 27.0. The molecule has 0 saturated carbocycles. The zero-order chi connectivity index (χ0) is 32.4. The van der Waals surface area contributed by atoms with E-state index in [9.17, 15) is 13.2 Å². The second-order valence-electron chi connectivity index (χ2n) is 11.2. The Balaban J connectivity index is 1.49. The molecule has 1 aromatic heterocycles. The van der Waals surface area contributed by atoms with Crippen LogP contribution in [0.4, 0.5) is 5.69 Å². The van der Waals surface area contributed by atoms with Crippen LogP contribution >= 0.6 is 0 Å². The summed E-state index contributed by atoms with van der Waals surface area (Å²) in [6.45, 7) is 0.700. The molecule has 0 saturated heterocycles. The van der Waals surface area contributed by atoms with Gasteiger partial charge in [-0.3, -0.25) is 8.98 Å². The summed E-state index contributed by atoms with van der Waals surface area (Å²) in [6, 6.07) is 23.1. The number of aromatic amines is 1. The van der Waals surface area contributed by atoms with Gasteiger partial charge in [0.05, 0.1) is 45.4 Å². The monoisotopic (exact) mass is 644 g/mol. The lowest BCUT2D eigenvalue weighted by Gasteiger charge is -2.26. The fourth-order valence-corrected chi connectivity index (χ4v) is 6.62. The topological polar surface area (TPSA) is 116 Å². The number of H-pyrrole nitrogens is 1. The molecule has 10 nitrogen and oxygen atoms in total. The van der Waals surface area contributed by atoms with E-state index in [1.165, 1.54) is 14.2 Å². The molecule has 46 heavy (non-hydrogen) atoms. The molecule has 0 fully saturated rings. The molecule has 1 atom stereocenters. The largest absolute Gasteiger partial charge is 0.493 e. The van der Waals surface area contributed by atoms with Gasteiger partial charge in [-0.25, -0.2) is 0 Å². The lowest BCUT2D eigenvalue weighted by atomic mass is 9.89. The number of methoxy groups -OCH3 is 3. The van der Waals surface area contributed by atoms with Crippen LogP contribution in [-0.2, 0) is 20.9 Å². The van der Waals surface area contributed by atoms with Crippen molar-refractivity contribution in [2.45, 2.75) is 25.4 Å². The van der Waals surface area contributed by atoms with Crippen molar-refractivity contribution >= 4 is 43.4 Å². The number of fused-ring (bicyclic) bond motifs is 4. The van der Waals surface area contributed by atoms with Crippen molar-refractivity contribution in [1.29, 1.82) is 0 Å². The average molecular weight is 645 g/mol. The summed E-state index contributed by atoms with van der Waals surface area (Å²) in [5.41, 5.74) is 3.44. The smallest absolute Gasteiger partial charge is 0.274 e. The van der Waals surface area contributed by atoms with Gasteiger partial charge >= 0.3 is 0 Å². The fraction of sp³-hybridized carbons (Fsp3) is 0.286. The van der Waals surface area contributed by atoms with E-state index in [1.807, 2.05) is 60.7 Å². The average Bonchev–Trinajstić information content (AvgIpc) is 3.40. The maximum atomic E-state index is 14.5. The third-order valence-electron chi connectivity index (χ3n) is 8.28. The van der Waals surface area contributed by atoms with E-state index in [2.05, 4.69) is 4.98 Å². The highest BCUT2D eigenvalue weighted by molar-refractivity contribution is 7.85. The highest BCUT2D eigenvalue weighted by Gasteiger charge is 2.32. The summed E-state index contributed by atoms with van der Waals surface area (Å²) in [7, 11) is 0.918. The highest BCUT2D eigenvalue weighted by Crippen LogP contribution is 2.46. The summed E-state index contributed by atoms with van der Waals surface area (Å²) in [6.07, 6.45) is 2.29. The predicted octanol–water partition coefficient (Wildman–Crippen LogP) is 6.43. The van der Waals surface area contributed by atoms with E-state index < -0.39 is 10.1 Å². The van der Waals surface area contributed by atoms with Crippen molar-refractivity contribution in [2.75, 3.05) is 45.6 Å². The molecule has 2 heterocycles. The van der Waals surface area contributed by atoms with Gasteiger partial charge < -0.3 is 28.8 Å². The second kappa shape index (κ2) is 12.9. The molecule has 6 rings (SSSR count). The Morgan fingerprint density at radius 3 is 2.30 bits per heavy atom. The number of nitrogens with one attached hydrogen (secondary N) is 1. The van der Waals surface area contributed by atoms with Gasteiger partial charge in [0.15, 0.2) is 11.5 Å². The number of nitrogens with zero attached hydrogens (tertiary/aromatic N) is 1. The van der Waals surface area contributed by atoms with Crippen molar-refractivity contribution in [3.05, 3.63) is 89.6 Å². The number of amides is 1. The molecule has 240 valence electrons. The summed E-state index contributed by atoms with van der Waals surface area (Å²) in [5.74, 6) is 1.39. The number of benzene rings is 4. The number of hydrogen-bond donors (Lipinski definition) is 1. The van der Waals surface area contributed by atoms with Crippen LogP contribution in [0.1, 0.15) is 40.4 Å². The van der Waals surface area contributed by atoms with Gasteiger partial charge in [-0.15, -0.1) is 0 Å². The highest BCUT2D eigenvalue weighted by atomic mass is 32.2. The Morgan fingerprint density at radius 1 is 0.891 bits per heavy atom. The van der Waals surface area contributed by atoms with E-state index in [4.69, 9.17) is 23.1 Å². The third-order valence-corrected chi connectivity index (χ3v) is 8.84. The van der Waals surface area contributed by atoms with E-state index in [0.29, 0.717) is 65.9 Å². The van der Waals surface area contributed by atoms with Crippen molar-refractivity contribution in [2.24, 2.45) is 0 Å². The molecule has 1 aliphatic rings. The van der Waals surface area contributed by atoms with Crippen molar-refractivity contribution in [1.82, 2.24) is 4.98 Å². The van der Waals surface area contributed by atoms with E-state index in [1.54, 1.807) is 24.1 Å². The molecule has 0 aliphatic carbocycles. The number of hydrogen-bond acceptors (Lipinski definition) is 8. The van der Waals surface area contributed by atoms with E-state index in [-0.39, 0.29) is 18.4 Å². The minimum Gasteiger partial charge on any atom is -0.493 e. The van der Waals surface area contributed by atoms with E-state index in [0.717, 1.165) is 33.5 Å². The van der Waals surface area contributed by atoms with Gasteiger partial charge in [-0.05, 0) is 41.5 Å². The van der Waals surface area contributed by atoms with Crippen LogP contribution < -0.4 is 23.8 Å². The normalized spacial score (nSPS) is 15.0. The maximum Gasteiger partial charge on any atom is 0.274 e. The van der Waals surface area contributed by atoms with Crippen molar-refractivity contribution in [3.63, 3.8) is 0 Å². The van der Waals surface area contributed by atoms with Gasteiger partial charge in [0.25, 0.3) is 16.0 Å². The Bertz CT molecular complexity index is 2010. The molecule has 11 heteroatoms. The Morgan fingerprint density at radius 2 is 1.61 bits per heavy atom. The first-order valence-corrected chi connectivity index (χ1v) is 16.7. The zero-order valence-electron chi connectivity index (χ0n) is 26.2. The first-order chi connectivity index (χ1) is 22.2. The quantitative estimate of drug-likeness (QED) is 0.173. The number of aromatic nitrogens is 1. The number of anilines is 1. The second-order valence-corrected chi connectivity index (χ2v) is 12.8. The summed E-state index contributed by atoms with van der Waals surface area (Å²) in [5, 5.41) is 2.46. The van der Waals surface area contributed by atoms with Crippen molar-refractivity contribution in [3.8, 4) is 23.0 Å². The first-order valence-electron chi connectivity index (χ1n) is 14.9. The molecule has 4 aromatic carbocycles. The van der Waals surface area contributed by atoms with Crippen LogP contribution in [0.3, 0.4) is 0 Å². The molecule has 1 N–H and O–H groups in total. The predicted molar refractivity (Wildman–Crippen MR) is 177 cm³/mol. The SMILES string of the molecule is COc1cc2cc(C(=O)N3CCC[C@H](COS(C)(=O)=O)c4c3cc(OCc3ccccc3)c3ccccc43)[nH]c2c(OC)c1OC. The molecule has 0 unspecified atom stereocenters. The summed E-state index contributed by atoms with van der Waals surface area (Å²) in [4.78, 5) is 19.5. The van der Waals surface area contributed by atoms with Crippen LogP contribution in [0.5, 0.6) is 23.0 Å². The lowest BCUT2D eigenvalue weighted by Crippen LogP contribution is -2.32. The van der Waals surface area contributed by atoms with Crippen LogP contribution in [0.25, 0.3) is 21.7 Å². The molecular formula is C35H36N2O8S. The van der Waals surface area contributed by atoms with Crippen molar-refractivity contribution < 1.29 is 36.3 Å². The summed E-state index contributed by atoms with van der Waals surface area (Å²) >= 11 is 0. The van der Waals surface area contributed by atoms with Gasteiger partial charge in [0.1, 0.15) is 18.1 Å². The van der Waals surface area contributed by atoms with Gasteiger partial charge in [0, 0.05) is 29.3 Å². The maximum absolute atomic E-state index is 14.5. The molecule has 1 aliphatic heterocycles. The van der Waals surface area contributed by atoms with E-state index >= 15 is 0 Å². The number of rotatable bonds is 10. The minimum absolute atomic E-state index is 0.0365. The number of carbonyl (C=O) groups excluding carboxylic acids is 1. The molecule has 0 bridgehead atoms. The minimum atomic E-state index is -3.69. The molecule has 1 amide bonds. The summed E-state index contributed by atoms with van der Waals surface area (Å²) < 4.78 is 52.6. The van der Waals surface area contributed by atoms with Crippen LogP contribution in [0.15, 0.2) is 72.8 Å². The number of carbonyl (C=O) groups is 1. The molecular weight excluding hydrogens is 608 g/mol. The Kier molecular flexibility index (Phi) is 8.79. The number of ether oxygens (including phenoxy) is 4. The first kappa shape index (κ1) is 31.3. The fourth-order valence-electron chi connectivity index (χ4n) is 6.21. The molecule has 0 radical (unpaired) electrons. The van der Waals surface area contributed by atoms with Gasteiger partial charge in [-0.2, -0.15) is 8.42 Å². The van der Waals surface area contributed by atoms with Gasteiger partial charge in [-0.1, -0.05) is 54.6 Å². The Hall–Kier alpha value is -4.74. The lowest BCUT2D eigenvalue weighted by molar-refractivity contribution is 0.0983. The Labute approximate surface area is 267 Å². The van der Waals surface area contributed by atoms with Crippen LogP contribution in [0.2, 0.25) is 0 Å².